The molecule has 0 saturated carbocycles. The summed E-state index contributed by atoms with van der Waals surface area (Å²) in [6, 6.07) is 5.95. The third kappa shape index (κ3) is 4.38. The summed E-state index contributed by atoms with van der Waals surface area (Å²) in [5, 5.41) is 3.24. The number of rotatable bonds is 6. The summed E-state index contributed by atoms with van der Waals surface area (Å²) in [4.78, 5) is 0. The quantitative estimate of drug-likeness (QED) is 0.603. The zero-order valence-corrected chi connectivity index (χ0v) is 10.7. The molecule has 0 fully saturated rings. The molecule has 0 aliphatic heterocycles. The first-order chi connectivity index (χ1) is 8.31. The molecule has 17 heavy (non-hydrogen) atoms. The molecule has 92 valence electrons. The molecule has 0 amide bonds. The van der Waals surface area contributed by atoms with Crippen LogP contribution in [0.1, 0.15) is 19.4 Å². The Balaban J connectivity index is 2.64. The second-order valence-corrected chi connectivity index (χ2v) is 3.45. The van der Waals surface area contributed by atoms with E-state index in [1.165, 1.54) is 0 Å². The molecule has 1 rings (SSSR count). The maximum absolute atomic E-state index is 5.46. The van der Waals surface area contributed by atoms with Crippen molar-refractivity contribution in [3.63, 3.8) is 0 Å². The first-order valence-corrected chi connectivity index (χ1v) is 5.71. The zero-order chi connectivity index (χ0) is 12.5. The SMILES string of the molecule is CC#CCNCc1ccc(OCC)c(OC)c1. The van der Waals surface area contributed by atoms with Crippen LogP contribution in [0.25, 0.3) is 0 Å². The second-order valence-electron chi connectivity index (χ2n) is 3.45. The number of ether oxygens (including phenoxy) is 2. The van der Waals surface area contributed by atoms with Crippen LogP contribution in [0.5, 0.6) is 11.5 Å². The monoisotopic (exact) mass is 233 g/mol. The van der Waals surface area contributed by atoms with Crippen molar-refractivity contribution in [1.82, 2.24) is 5.32 Å². The Morgan fingerprint density at radius 2 is 2.12 bits per heavy atom. The lowest BCUT2D eigenvalue weighted by Gasteiger charge is -2.11. The van der Waals surface area contributed by atoms with Crippen molar-refractivity contribution >= 4 is 0 Å². The van der Waals surface area contributed by atoms with E-state index in [-0.39, 0.29) is 0 Å². The van der Waals surface area contributed by atoms with E-state index in [1.54, 1.807) is 7.11 Å². The van der Waals surface area contributed by atoms with Crippen molar-refractivity contribution in [2.75, 3.05) is 20.3 Å². The highest BCUT2D eigenvalue weighted by Crippen LogP contribution is 2.27. The van der Waals surface area contributed by atoms with Crippen LogP contribution in [-0.4, -0.2) is 20.3 Å². The van der Waals surface area contributed by atoms with Gasteiger partial charge in [-0.05, 0) is 31.5 Å². The highest BCUT2D eigenvalue weighted by Gasteiger charge is 2.04. The topological polar surface area (TPSA) is 30.5 Å². The Kier molecular flexibility index (Phi) is 5.98. The Morgan fingerprint density at radius 1 is 1.29 bits per heavy atom. The minimum absolute atomic E-state index is 0.639. The Bertz CT molecular complexity index is 404. The van der Waals surface area contributed by atoms with Crippen molar-refractivity contribution in [2.24, 2.45) is 0 Å². The largest absolute Gasteiger partial charge is 0.493 e. The first kappa shape index (κ1) is 13.4. The summed E-state index contributed by atoms with van der Waals surface area (Å²) in [5.41, 5.74) is 1.16. The lowest BCUT2D eigenvalue weighted by atomic mass is 10.2. The van der Waals surface area contributed by atoms with Gasteiger partial charge >= 0.3 is 0 Å². The molecule has 1 aromatic rings. The van der Waals surface area contributed by atoms with Gasteiger partial charge in [0.05, 0.1) is 20.3 Å². The van der Waals surface area contributed by atoms with Gasteiger partial charge in [0.1, 0.15) is 0 Å². The van der Waals surface area contributed by atoms with Crippen molar-refractivity contribution in [3.05, 3.63) is 23.8 Å². The number of benzene rings is 1. The fraction of sp³-hybridized carbons (Fsp3) is 0.429. The summed E-state index contributed by atoms with van der Waals surface area (Å²) in [7, 11) is 1.65. The predicted octanol–water partition coefficient (Wildman–Crippen LogP) is 2.21. The average molecular weight is 233 g/mol. The van der Waals surface area contributed by atoms with Crippen LogP contribution in [0.15, 0.2) is 18.2 Å². The van der Waals surface area contributed by atoms with Crippen LogP contribution in [0.3, 0.4) is 0 Å². The predicted molar refractivity (Wildman–Crippen MR) is 69.3 cm³/mol. The molecule has 0 bridgehead atoms. The maximum atomic E-state index is 5.46. The molecule has 0 radical (unpaired) electrons. The van der Waals surface area contributed by atoms with Gasteiger partial charge in [0.15, 0.2) is 11.5 Å². The van der Waals surface area contributed by atoms with Crippen molar-refractivity contribution in [1.29, 1.82) is 0 Å². The third-order valence-corrected chi connectivity index (χ3v) is 2.25. The third-order valence-electron chi connectivity index (χ3n) is 2.25. The molecule has 0 spiro atoms. The highest BCUT2D eigenvalue weighted by atomic mass is 16.5. The van der Waals surface area contributed by atoms with Gasteiger partial charge in [-0.1, -0.05) is 12.0 Å². The van der Waals surface area contributed by atoms with Gasteiger partial charge in [-0.25, -0.2) is 0 Å². The molecule has 0 aliphatic rings. The molecule has 3 nitrogen and oxygen atoms in total. The molecule has 0 aliphatic carbocycles. The normalized spacial score (nSPS) is 9.35. The molecule has 0 aromatic heterocycles. The van der Waals surface area contributed by atoms with Gasteiger partial charge < -0.3 is 14.8 Å². The van der Waals surface area contributed by atoms with E-state index in [0.717, 1.165) is 23.6 Å². The first-order valence-electron chi connectivity index (χ1n) is 5.71. The van der Waals surface area contributed by atoms with Crippen molar-refractivity contribution < 1.29 is 9.47 Å². The highest BCUT2D eigenvalue weighted by molar-refractivity contribution is 5.42. The van der Waals surface area contributed by atoms with Crippen LogP contribution in [0, 0.1) is 11.8 Å². The van der Waals surface area contributed by atoms with E-state index in [4.69, 9.17) is 9.47 Å². The van der Waals surface area contributed by atoms with Crippen molar-refractivity contribution in [3.8, 4) is 23.3 Å². The van der Waals surface area contributed by atoms with Crippen molar-refractivity contribution in [2.45, 2.75) is 20.4 Å². The summed E-state index contributed by atoms with van der Waals surface area (Å²) < 4.78 is 10.7. The van der Waals surface area contributed by atoms with Crippen LogP contribution < -0.4 is 14.8 Å². The van der Waals surface area contributed by atoms with Gasteiger partial charge in [0, 0.05) is 6.54 Å². The molecular weight excluding hydrogens is 214 g/mol. The smallest absolute Gasteiger partial charge is 0.161 e. The van der Waals surface area contributed by atoms with Gasteiger partial charge in [-0.2, -0.15) is 0 Å². The number of nitrogens with one attached hydrogen (secondary N) is 1. The van der Waals surface area contributed by atoms with E-state index >= 15 is 0 Å². The van der Waals surface area contributed by atoms with E-state index < -0.39 is 0 Å². The summed E-state index contributed by atoms with van der Waals surface area (Å²) in [5.74, 6) is 7.36. The minimum atomic E-state index is 0.639. The zero-order valence-electron chi connectivity index (χ0n) is 10.7. The summed E-state index contributed by atoms with van der Waals surface area (Å²) in [6.45, 7) is 5.91. The Morgan fingerprint density at radius 3 is 2.76 bits per heavy atom. The summed E-state index contributed by atoms with van der Waals surface area (Å²) >= 11 is 0. The fourth-order valence-corrected chi connectivity index (χ4v) is 1.45. The Labute approximate surface area is 103 Å². The molecule has 3 heteroatoms. The Hall–Kier alpha value is -1.66. The maximum Gasteiger partial charge on any atom is 0.161 e. The van der Waals surface area contributed by atoms with Crippen LogP contribution in [0.4, 0.5) is 0 Å². The molecule has 0 unspecified atom stereocenters. The lowest BCUT2D eigenvalue weighted by Crippen LogP contribution is -2.13. The minimum Gasteiger partial charge on any atom is -0.493 e. The van der Waals surface area contributed by atoms with Crippen LogP contribution in [0.2, 0.25) is 0 Å². The van der Waals surface area contributed by atoms with E-state index in [2.05, 4.69) is 17.2 Å². The molecule has 1 aromatic carbocycles. The van der Waals surface area contributed by atoms with Gasteiger partial charge in [0.2, 0.25) is 0 Å². The van der Waals surface area contributed by atoms with Gasteiger partial charge in [0.25, 0.3) is 0 Å². The fourth-order valence-electron chi connectivity index (χ4n) is 1.45. The lowest BCUT2D eigenvalue weighted by molar-refractivity contribution is 0.310. The molecule has 0 atom stereocenters. The average Bonchev–Trinajstić information content (AvgIpc) is 2.36. The second kappa shape index (κ2) is 7.59. The number of hydrogen-bond donors (Lipinski definition) is 1. The summed E-state index contributed by atoms with van der Waals surface area (Å²) in [6.07, 6.45) is 0. The van der Waals surface area contributed by atoms with Crippen LogP contribution >= 0.6 is 0 Å². The molecule has 0 heterocycles. The molecule has 1 N–H and O–H groups in total. The van der Waals surface area contributed by atoms with Gasteiger partial charge in [-0.15, -0.1) is 5.92 Å². The number of methoxy groups -OCH3 is 1. The standard InChI is InChI=1S/C14H19NO2/c1-4-6-9-15-11-12-7-8-13(17-5-2)14(10-12)16-3/h7-8,10,15H,5,9,11H2,1-3H3. The van der Waals surface area contributed by atoms with E-state index in [0.29, 0.717) is 13.2 Å². The number of hydrogen-bond acceptors (Lipinski definition) is 3. The van der Waals surface area contributed by atoms with Crippen LogP contribution in [-0.2, 0) is 6.54 Å². The van der Waals surface area contributed by atoms with Gasteiger partial charge in [-0.3, -0.25) is 0 Å². The molecular formula is C14H19NO2. The molecule has 0 saturated heterocycles. The van der Waals surface area contributed by atoms with E-state index in [9.17, 15) is 0 Å². The van der Waals surface area contributed by atoms with E-state index in [1.807, 2.05) is 32.0 Å².